The molecule has 1 aliphatic carbocycles. The number of benzene rings is 3. The number of carboxylic acids is 1. The highest BCUT2D eigenvalue weighted by Crippen LogP contribution is 2.49. The van der Waals surface area contributed by atoms with Gasteiger partial charge in [0.05, 0.1) is 5.56 Å². The van der Waals surface area contributed by atoms with E-state index in [1.54, 1.807) is 18.2 Å². The molecular weight excluding hydrogens is 372 g/mol. The van der Waals surface area contributed by atoms with Crippen LogP contribution in [0.5, 0.6) is 0 Å². The fraction of sp³-hybridized carbons (Fsp3) is 0.0385. The molecule has 1 N–H and O–H groups in total. The van der Waals surface area contributed by atoms with Crippen LogP contribution in [0.1, 0.15) is 38.2 Å². The lowest BCUT2D eigenvalue weighted by Gasteiger charge is -2.13. The van der Waals surface area contributed by atoms with Gasteiger partial charge in [-0.3, -0.25) is 0 Å². The van der Waals surface area contributed by atoms with Gasteiger partial charge in [0.15, 0.2) is 0 Å². The molecule has 3 aromatic carbocycles. The molecule has 0 radical (unpaired) electrons. The van der Waals surface area contributed by atoms with Crippen LogP contribution in [0.2, 0.25) is 0 Å². The Morgan fingerprint density at radius 3 is 2.20 bits per heavy atom. The van der Waals surface area contributed by atoms with Crippen LogP contribution in [-0.4, -0.2) is 11.1 Å². The Labute approximate surface area is 174 Å². The van der Waals surface area contributed by atoms with Gasteiger partial charge < -0.3 is 5.11 Å². The van der Waals surface area contributed by atoms with Gasteiger partial charge in [-0.05, 0) is 45.9 Å². The van der Waals surface area contributed by atoms with Crippen LogP contribution in [0, 0.1) is 22.7 Å². The molecule has 0 saturated heterocycles. The molecule has 1 aliphatic rings. The third-order valence-electron chi connectivity index (χ3n) is 5.32. The quantitative estimate of drug-likeness (QED) is 0.471. The topological polar surface area (TPSA) is 84.9 Å². The van der Waals surface area contributed by atoms with Crippen molar-refractivity contribution in [3.05, 3.63) is 106 Å². The van der Waals surface area contributed by atoms with Crippen LogP contribution in [0.25, 0.3) is 22.8 Å². The fourth-order valence-corrected chi connectivity index (χ4v) is 3.98. The van der Waals surface area contributed by atoms with Crippen molar-refractivity contribution < 1.29 is 9.90 Å². The predicted octanol–water partition coefficient (Wildman–Crippen LogP) is 5.45. The lowest BCUT2D eigenvalue weighted by Crippen LogP contribution is -2.03. The van der Waals surface area contributed by atoms with Gasteiger partial charge in [0.1, 0.15) is 17.7 Å². The molecule has 0 spiro atoms. The summed E-state index contributed by atoms with van der Waals surface area (Å²) in [5.41, 5.74) is 6.22. The van der Waals surface area contributed by atoms with E-state index in [4.69, 9.17) is 0 Å². The van der Waals surface area contributed by atoms with Crippen LogP contribution in [0.15, 0.2) is 72.8 Å². The Bertz CT molecular complexity index is 1300. The molecule has 0 atom stereocenters. The normalized spacial score (nSPS) is 11.1. The first-order valence-corrected chi connectivity index (χ1v) is 9.34. The van der Waals surface area contributed by atoms with Gasteiger partial charge in [0.25, 0.3) is 0 Å². The summed E-state index contributed by atoms with van der Waals surface area (Å²) >= 11 is 0. The van der Waals surface area contributed by atoms with Crippen molar-refractivity contribution in [3.8, 4) is 23.3 Å². The molecule has 0 fully saturated rings. The van der Waals surface area contributed by atoms with E-state index in [0.717, 1.165) is 22.3 Å². The highest BCUT2D eigenvalue weighted by Gasteiger charge is 2.32. The maximum Gasteiger partial charge on any atom is 0.336 e. The number of fused-ring (bicyclic) bond motifs is 3. The Hall–Kier alpha value is -4.41. The van der Waals surface area contributed by atoms with Crippen LogP contribution >= 0.6 is 0 Å². The van der Waals surface area contributed by atoms with Crippen molar-refractivity contribution in [3.63, 3.8) is 0 Å². The van der Waals surface area contributed by atoms with Crippen LogP contribution < -0.4 is 0 Å². The van der Waals surface area contributed by atoms with Crippen molar-refractivity contribution in [1.29, 1.82) is 10.5 Å². The predicted molar refractivity (Wildman–Crippen MR) is 115 cm³/mol. The number of carboxylic acid groups (broad SMARTS) is 1. The highest BCUT2D eigenvalue weighted by molar-refractivity contribution is 6.11. The number of nitriles is 2. The standard InChI is InChI=1S/C26H16N2O2/c1-2-16-7-9-17(10-8-16)13-18-11-12-22(26(29)30)25-21-6-4-3-5-20(21)23(24(18)25)19(14-27)15-28/h2-12H,1,13H2,(H,29,30). The van der Waals surface area contributed by atoms with E-state index in [2.05, 4.69) is 6.58 Å². The monoisotopic (exact) mass is 388 g/mol. The van der Waals surface area contributed by atoms with Gasteiger partial charge in [0, 0.05) is 11.1 Å². The van der Waals surface area contributed by atoms with E-state index in [-0.39, 0.29) is 11.1 Å². The number of nitrogens with zero attached hydrogens (tertiary/aromatic N) is 2. The number of allylic oxidation sites excluding steroid dienone is 1. The van der Waals surface area contributed by atoms with E-state index in [1.807, 2.05) is 60.7 Å². The Balaban J connectivity index is 2.02. The Kier molecular flexibility index (Phi) is 4.76. The second-order valence-corrected chi connectivity index (χ2v) is 6.97. The highest BCUT2D eigenvalue weighted by atomic mass is 16.4. The first kappa shape index (κ1) is 18.9. The molecule has 3 aromatic rings. The first-order valence-electron chi connectivity index (χ1n) is 9.34. The number of aromatic carboxylic acids is 1. The third kappa shape index (κ3) is 2.98. The summed E-state index contributed by atoms with van der Waals surface area (Å²) in [4.78, 5) is 12.0. The lowest BCUT2D eigenvalue weighted by molar-refractivity contribution is 0.0697. The number of hydrogen-bond donors (Lipinski definition) is 1. The van der Waals surface area contributed by atoms with Crippen molar-refractivity contribution in [2.75, 3.05) is 0 Å². The smallest absolute Gasteiger partial charge is 0.336 e. The molecule has 4 nitrogen and oxygen atoms in total. The molecule has 0 bridgehead atoms. The zero-order valence-electron chi connectivity index (χ0n) is 16.0. The molecule has 0 aliphatic heterocycles. The minimum absolute atomic E-state index is 0.0213. The third-order valence-corrected chi connectivity index (χ3v) is 5.32. The first-order chi connectivity index (χ1) is 14.6. The van der Waals surface area contributed by atoms with Gasteiger partial charge in [-0.1, -0.05) is 67.3 Å². The summed E-state index contributed by atoms with van der Waals surface area (Å²) in [5.74, 6) is -1.04. The van der Waals surface area contributed by atoms with Crippen molar-refractivity contribution in [1.82, 2.24) is 0 Å². The van der Waals surface area contributed by atoms with Crippen LogP contribution in [0.3, 0.4) is 0 Å². The molecule has 4 rings (SSSR count). The summed E-state index contributed by atoms with van der Waals surface area (Å²) in [6.45, 7) is 3.77. The average Bonchev–Trinajstić information content (AvgIpc) is 3.11. The summed E-state index contributed by atoms with van der Waals surface area (Å²) in [6.07, 6.45) is 2.31. The van der Waals surface area contributed by atoms with Gasteiger partial charge >= 0.3 is 5.97 Å². The van der Waals surface area contributed by atoms with E-state index in [1.165, 1.54) is 0 Å². The Morgan fingerprint density at radius 2 is 1.60 bits per heavy atom. The SMILES string of the molecule is C=Cc1ccc(Cc2ccc(C(=O)O)c3c2C(=C(C#N)C#N)c2ccccc2-3)cc1. The molecule has 0 aromatic heterocycles. The largest absolute Gasteiger partial charge is 0.478 e. The van der Waals surface area contributed by atoms with E-state index in [9.17, 15) is 20.4 Å². The van der Waals surface area contributed by atoms with E-state index in [0.29, 0.717) is 28.7 Å². The minimum Gasteiger partial charge on any atom is -0.478 e. The molecule has 0 amide bonds. The fourth-order valence-electron chi connectivity index (χ4n) is 3.98. The average molecular weight is 388 g/mol. The summed E-state index contributed by atoms with van der Waals surface area (Å²) in [7, 11) is 0. The van der Waals surface area contributed by atoms with E-state index < -0.39 is 5.97 Å². The van der Waals surface area contributed by atoms with Gasteiger partial charge in [-0.25, -0.2) is 4.79 Å². The van der Waals surface area contributed by atoms with Gasteiger partial charge in [-0.15, -0.1) is 0 Å². The Morgan fingerprint density at radius 1 is 0.933 bits per heavy atom. The minimum atomic E-state index is -1.04. The molecule has 4 heteroatoms. The summed E-state index contributed by atoms with van der Waals surface area (Å²) in [5, 5.41) is 29.0. The lowest BCUT2D eigenvalue weighted by atomic mass is 9.89. The van der Waals surface area contributed by atoms with Crippen LogP contribution in [0.4, 0.5) is 0 Å². The molecule has 0 heterocycles. The van der Waals surface area contributed by atoms with E-state index >= 15 is 0 Å². The molecule has 142 valence electrons. The maximum atomic E-state index is 12.0. The maximum absolute atomic E-state index is 12.0. The van der Waals surface area contributed by atoms with Crippen molar-refractivity contribution in [2.45, 2.75) is 6.42 Å². The number of carbonyl (C=O) groups is 1. The van der Waals surface area contributed by atoms with Crippen LogP contribution in [-0.2, 0) is 6.42 Å². The number of hydrogen-bond acceptors (Lipinski definition) is 3. The van der Waals surface area contributed by atoms with Crippen molar-refractivity contribution >= 4 is 17.6 Å². The number of rotatable bonds is 4. The second kappa shape index (κ2) is 7.54. The molecule has 0 saturated carbocycles. The van der Waals surface area contributed by atoms with Crippen molar-refractivity contribution in [2.24, 2.45) is 0 Å². The zero-order chi connectivity index (χ0) is 21.3. The summed E-state index contributed by atoms with van der Waals surface area (Å²) < 4.78 is 0. The van der Waals surface area contributed by atoms with Gasteiger partial charge in [-0.2, -0.15) is 10.5 Å². The molecule has 0 unspecified atom stereocenters. The second-order valence-electron chi connectivity index (χ2n) is 6.97. The zero-order valence-corrected chi connectivity index (χ0v) is 16.0. The molecular formula is C26H16N2O2. The van der Waals surface area contributed by atoms with Gasteiger partial charge in [0.2, 0.25) is 0 Å². The summed E-state index contributed by atoms with van der Waals surface area (Å²) in [6, 6.07) is 22.6. The molecule has 30 heavy (non-hydrogen) atoms.